The van der Waals surface area contributed by atoms with Crippen molar-refractivity contribution in [1.82, 2.24) is 4.90 Å². The van der Waals surface area contributed by atoms with Crippen molar-refractivity contribution in [2.45, 2.75) is 19.8 Å². The molecule has 5 heteroatoms. The molecule has 4 nitrogen and oxygen atoms in total. The second-order valence-electron chi connectivity index (χ2n) is 4.80. The Labute approximate surface area is 121 Å². The first-order valence-corrected chi connectivity index (χ1v) is 7.17. The average Bonchev–Trinajstić information content (AvgIpc) is 2.41. The molecule has 102 valence electrons. The van der Waals surface area contributed by atoms with Gasteiger partial charge >= 0.3 is 0 Å². The summed E-state index contributed by atoms with van der Waals surface area (Å²) < 4.78 is 0.978. The van der Waals surface area contributed by atoms with Crippen molar-refractivity contribution in [3.63, 3.8) is 0 Å². The highest BCUT2D eigenvalue weighted by Crippen LogP contribution is 2.20. The molecule has 0 spiro atoms. The van der Waals surface area contributed by atoms with Crippen LogP contribution in [0.1, 0.15) is 19.8 Å². The number of halogens is 1. The largest absolute Gasteiger partial charge is 0.342 e. The molecule has 1 atom stereocenters. The van der Waals surface area contributed by atoms with E-state index in [4.69, 9.17) is 0 Å². The maximum Gasteiger partial charge on any atom is 0.229 e. The SMILES string of the molecule is CC(=O)N1CCC[C@H](C(=O)Nc2ccc(Br)cc2)C1. The monoisotopic (exact) mass is 324 g/mol. The van der Waals surface area contributed by atoms with Gasteiger partial charge in [0.05, 0.1) is 5.92 Å². The molecule has 2 rings (SSSR count). The molecule has 0 unspecified atom stereocenters. The van der Waals surface area contributed by atoms with E-state index in [1.807, 2.05) is 24.3 Å². The predicted octanol–water partition coefficient (Wildman–Crippen LogP) is 2.65. The fourth-order valence-electron chi connectivity index (χ4n) is 2.25. The summed E-state index contributed by atoms with van der Waals surface area (Å²) >= 11 is 3.36. The molecular weight excluding hydrogens is 308 g/mol. The van der Waals surface area contributed by atoms with E-state index in [0.29, 0.717) is 6.54 Å². The lowest BCUT2D eigenvalue weighted by Crippen LogP contribution is -2.42. The van der Waals surface area contributed by atoms with Gasteiger partial charge in [0.25, 0.3) is 0 Å². The normalized spacial score (nSPS) is 19.1. The molecule has 0 aliphatic carbocycles. The van der Waals surface area contributed by atoms with Crippen LogP contribution < -0.4 is 5.32 Å². The lowest BCUT2D eigenvalue weighted by molar-refractivity contribution is -0.132. The summed E-state index contributed by atoms with van der Waals surface area (Å²) in [5.41, 5.74) is 0.785. The Morgan fingerprint density at radius 2 is 2.00 bits per heavy atom. The summed E-state index contributed by atoms with van der Waals surface area (Å²) in [6.07, 6.45) is 1.73. The van der Waals surface area contributed by atoms with Gasteiger partial charge in [0.1, 0.15) is 0 Å². The Morgan fingerprint density at radius 3 is 2.63 bits per heavy atom. The van der Waals surface area contributed by atoms with E-state index in [2.05, 4.69) is 21.2 Å². The molecular formula is C14H17BrN2O2. The van der Waals surface area contributed by atoms with Crippen LogP contribution >= 0.6 is 15.9 Å². The fourth-order valence-corrected chi connectivity index (χ4v) is 2.52. The van der Waals surface area contributed by atoms with E-state index in [0.717, 1.165) is 29.5 Å². The molecule has 1 aliphatic rings. The van der Waals surface area contributed by atoms with Gasteiger partial charge in [-0.15, -0.1) is 0 Å². The summed E-state index contributed by atoms with van der Waals surface area (Å²) in [4.78, 5) is 25.3. The number of hydrogen-bond donors (Lipinski definition) is 1. The molecule has 1 aromatic rings. The van der Waals surface area contributed by atoms with Crippen molar-refractivity contribution in [2.75, 3.05) is 18.4 Å². The maximum absolute atomic E-state index is 12.2. The Morgan fingerprint density at radius 1 is 1.32 bits per heavy atom. The van der Waals surface area contributed by atoms with Gasteiger partial charge in [0.2, 0.25) is 11.8 Å². The quantitative estimate of drug-likeness (QED) is 0.909. The van der Waals surface area contributed by atoms with Gasteiger partial charge < -0.3 is 10.2 Å². The van der Waals surface area contributed by atoms with E-state index >= 15 is 0 Å². The number of rotatable bonds is 2. The predicted molar refractivity (Wildman–Crippen MR) is 77.7 cm³/mol. The Bertz CT molecular complexity index is 473. The highest BCUT2D eigenvalue weighted by molar-refractivity contribution is 9.10. The van der Waals surface area contributed by atoms with Crippen molar-refractivity contribution >= 4 is 33.4 Å². The molecule has 1 saturated heterocycles. The summed E-state index contributed by atoms with van der Waals surface area (Å²) in [6.45, 7) is 2.84. The molecule has 0 aromatic heterocycles. The van der Waals surface area contributed by atoms with Gasteiger partial charge in [0, 0.05) is 30.2 Å². The van der Waals surface area contributed by atoms with E-state index < -0.39 is 0 Å². The molecule has 1 aromatic carbocycles. The summed E-state index contributed by atoms with van der Waals surface area (Å²) in [7, 11) is 0. The number of carbonyl (C=O) groups is 2. The third-order valence-corrected chi connectivity index (χ3v) is 3.88. The van der Waals surface area contributed by atoms with Crippen LogP contribution in [0.25, 0.3) is 0 Å². The number of benzene rings is 1. The molecule has 1 fully saturated rings. The zero-order chi connectivity index (χ0) is 13.8. The minimum atomic E-state index is -0.110. The highest BCUT2D eigenvalue weighted by atomic mass is 79.9. The number of likely N-dealkylation sites (tertiary alicyclic amines) is 1. The second-order valence-corrected chi connectivity index (χ2v) is 5.72. The van der Waals surface area contributed by atoms with Crippen LogP contribution in [0.2, 0.25) is 0 Å². The zero-order valence-electron chi connectivity index (χ0n) is 10.9. The molecule has 1 N–H and O–H groups in total. The van der Waals surface area contributed by atoms with E-state index in [1.165, 1.54) is 0 Å². The minimum absolute atomic E-state index is 0.00623. The molecule has 0 radical (unpaired) electrons. The number of nitrogens with one attached hydrogen (secondary N) is 1. The molecule has 1 aliphatic heterocycles. The highest BCUT2D eigenvalue weighted by Gasteiger charge is 2.26. The van der Waals surface area contributed by atoms with Crippen LogP contribution in [0.15, 0.2) is 28.7 Å². The van der Waals surface area contributed by atoms with E-state index in [1.54, 1.807) is 11.8 Å². The van der Waals surface area contributed by atoms with Gasteiger partial charge in [-0.2, -0.15) is 0 Å². The topological polar surface area (TPSA) is 49.4 Å². The first kappa shape index (κ1) is 14.1. The van der Waals surface area contributed by atoms with Crippen LogP contribution in [0.3, 0.4) is 0 Å². The smallest absolute Gasteiger partial charge is 0.229 e. The first-order valence-electron chi connectivity index (χ1n) is 6.38. The number of piperidine rings is 1. The summed E-state index contributed by atoms with van der Waals surface area (Å²) in [5.74, 6) is -0.0734. The lowest BCUT2D eigenvalue weighted by Gasteiger charge is -2.31. The number of carbonyl (C=O) groups excluding carboxylic acids is 2. The van der Waals surface area contributed by atoms with Crippen LogP contribution in [-0.2, 0) is 9.59 Å². The number of hydrogen-bond acceptors (Lipinski definition) is 2. The van der Waals surface area contributed by atoms with E-state index in [-0.39, 0.29) is 17.7 Å². The Hall–Kier alpha value is -1.36. The second kappa shape index (κ2) is 6.19. The van der Waals surface area contributed by atoms with Gasteiger partial charge in [-0.1, -0.05) is 15.9 Å². The third kappa shape index (κ3) is 3.80. The number of anilines is 1. The number of amides is 2. The van der Waals surface area contributed by atoms with Crippen molar-refractivity contribution in [3.8, 4) is 0 Å². The minimum Gasteiger partial charge on any atom is -0.342 e. The third-order valence-electron chi connectivity index (χ3n) is 3.35. The Balaban J connectivity index is 1.96. The molecule has 0 saturated carbocycles. The van der Waals surface area contributed by atoms with Crippen LogP contribution in [0, 0.1) is 5.92 Å². The van der Waals surface area contributed by atoms with Gasteiger partial charge in [0.15, 0.2) is 0 Å². The van der Waals surface area contributed by atoms with Crippen LogP contribution in [-0.4, -0.2) is 29.8 Å². The molecule has 2 amide bonds. The molecule has 1 heterocycles. The van der Waals surface area contributed by atoms with Gasteiger partial charge in [-0.3, -0.25) is 9.59 Å². The fraction of sp³-hybridized carbons (Fsp3) is 0.429. The molecule has 0 bridgehead atoms. The lowest BCUT2D eigenvalue weighted by atomic mass is 9.97. The van der Waals surface area contributed by atoms with Crippen molar-refractivity contribution < 1.29 is 9.59 Å². The van der Waals surface area contributed by atoms with E-state index in [9.17, 15) is 9.59 Å². The van der Waals surface area contributed by atoms with Gasteiger partial charge in [-0.05, 0) is 37.1 Å². The first-order chi connectivity index (χ1) is 9.06. The number of nitrogens with zero attached hydrogens (tertiary/aromatic N) is 1. The van der Waals surface area contributed by atoms with Crippen molar-refractivity contribution in [3.05, 3.63) is 28.7 Å². The summed E-state index contributed by atoms with van der Waals surface area (Å²) in [5, 5.41) is 2.90. The Kier molecular flexibility index (Phi) is 4.58. The van der Waals surface area contributed by atoms with Crippen molar-refractivity contribution in [2.24, 2.45) is 5.92 Å². The van der Waals surface area contributed by atoms with Crippen LogP contribution in [0.4, 0.5) is 5.69 Å². The van der Waals surface area contributed by atoms with Gasteiger partial charge in [-0.25, -0.2) is 0 Å². The average molecular weight is 325 g/mol. The van der Waals surface area contributed by atoms with Crippen molar-refractivity contribution in [1.29, 1.82) is 0 Å². The summed E-state index contributed by atoms with van der Waals surface area (Å²) in [6, 6.07) is 7.48. The standard InChI is InChI=1S/C14H17BrN2O2/c1-10(18)17-8-2-3-11(9-17)14(19)16-13-6-4-12(15)5-7-13/h4-7,11H,2-3,8-9H2,1H3,(H,16,19)/t11-/m0/s1. The zero-order valence-corrected chi connectivity index (χ0v) is 12.4. The van der Waals surface area contributed by atoms with Crippen LogP contribution in [0.5, 0.6) is 0 Å². The molecule has 19 heavy (non-hydrogen) atoms. The maximum atomic E-state index is 12.2.